The highest BCUT2D eigenvalue weighted by atomic mass is 16.7. The molecule has 0 N–H and O–H groups in total. The lowest BCUT2D eigenvalue weighted by Crippen LogP contribution is -2.41. The van der Waals surface area contributed by atoms with Crippen LogP contribution < -0.4 is 10.4 Å². The minimum Gasteiger partial charge on any atom is -0.399 e. The van der Waals surface area contributed by atoms with Crippen molar-refractivity contribution < 1.29 is 9.31 Å². The molecule has 3 aliphatic rings. The van der Waals surface area contributed by atoms with Gasteiger partial charge >= 0.3 is 7.12 Å². The monoisotopic (exact) mass is 565 g/mol. The number of hydrogen-bond acceptors (Lipinski definition) is 3. The highest BCUT2D eigenvalue weighted by Gasteiger charge is 2.51. The Morgan fingerprint density at radius 2 is 1.23 bits per heavy atom. The minimum atomic E-state index is -0.386. The third kappa shape index (κ3) is 4.68. The van der Waals surface area contributed by atoms with Crippen molar-refractivity contribution in [1.82, 2.24) is 0 Å². The highest BCUT2D eigenvalue weighted by Crippen LogP contribution is 2.50. The largest absolute Gasteiger partial charge is 0.494 e. The van der Waals surface area contributed by atoms with E-state index in [-0.39, 0.29) is 23.7 Å². The molecule has 1 saturated heterocycles. The van der Waals surface area contributed by atoms with Crippen molar-refractivity contribution in [3.63, 3.8) is 0 Å². The van der Waals surface area contributed by atoms with Gasteiger partial charge in [0.25, 0.3) is 0 Å². The van der Waals surface area contributed by atoms with Gasteiger partial charge in [-0.1, -0.05) is 86.7 Å². The van der Waals surface area contributed by atoms with Gasteiger partial charge in [0.1, 0.15) is 0 Å². The SMILES string of the molecule is CC1(C)c2ccccc2-c2ccc(N(c3ccc(B4OC(C)(C)C(C)(C)O4)cc3)c3ccc(C4=CCCC=C4)cc3)cc21. The van der Waals surface area contributed by atoms with Gasteiger partial charge in [0.15, 0.2) is 0 Å². The van der Waals surface area contributed by atoms with Crippen molar-refractivity contribution in [3.8, 4) is 11.1 Å². The number of anilines is 3. The first-order valence-corrected chi connectivity index (χ1v) is 15.5. The zero-order valence-electron chi connectivity index (χ0n) is 26.1. The van der Waals surface area contributed by atoms with Crippen molar-refractivity contribution in [2.45, 2.75) is 71.0 Å². The summed E-state index contributed by atoms with van der Waals surface area (Å²) in [7, 11) is -0.386. The van der Waals surface area contributed by atoms with Crippen LogP contribution in [0.1, 0.15) is 71.1 Å². The summed E-state index contributed by atoms with van der Waals surface area (Å²) in [4.78, 5) is 2.36. The first-order valence-electron chi connectivity index (χ1n) is 15.5. The van der Waals surface area contributed by atoms with Crippen LogP contribution in [0.5, 0.6) is 0 Å². The molecule has 4 aromatic carbocycles. The number of rotatable bonds is 5. The van der Waals surface area contributed by atoms with E-state index in [1.54, 1.807) is 0 Å². The quantitative estimate of drug-likeness (QED) is 0.225. The Morgan fingerprint density at radius 1 is 0.628 bits per heavy atom. The van der Waals surface area contributed by atoms with Gasteiger partial charge in [0.2, 0.25) is 0 Å². The molecule has 0 radical (unpaired) electrons. The van der Waals surface area contributed by atoms with Crippen LogP contribution in [-0.2, 0) is 14.7 Å². The first-order chi connectivity index (χ1) is 20.5. The molecule has 0 spiro atoms. The molecule has 7 rings (SSSR count). The first kappa shape index (κ1) is 27.9. The van der Waals surface area contributed by atoms with Gasteiger partial charge in [-0.05, 0) is 116 Å². The Morgan fingerprint density at radius 3 is 1.88 bits per heavy atom. The summed E-state index contributed by atoms with van der Waals surface area (Å²) in [6.45, 7) is 13.1. The zero-order valence-corrected chi connectivity index (χ0v) is 26.1. The van der Waals surface area contributed by atoms with Crippen LogP contribution in [0.25, 0.3) is 16.7 Å². The van der Waals surface area contributed by atoms with Gasteiger partial charge in [-0.25, -0.2) is 0 Å². The molecule has 0 unspecified atom stereocenters. The molecule has 1 aliphatic heterocycles. The third-order valence-electron chi connectivity index (χ3n) is 9.96. The number of nitrogens with zero attached hydrogens (tertiary/aromatic N) is 1. The molecule has 0 bridgehead atoms. The van der Waals surface area contributed by atoms with Crippen molar-refractivity contribution in [2.75, 3.05) is 4.90 Å². The van der Waals surface area contributed by atoms with Crippen molar-refractivity contribution >= 4 is 35.2 Å². The molecular formula is C39H40BNO2. The van der Waals surface area contributed by atoms with E-state index in [1.807, 2.05) is 0 Å². The summed E-state index contributed by atoms with van der Waals surface area (Å²) in [5.74, 6) is 0. The van der Waals surface area contributed by atoms with E-state index in [9.17, 15) is 0 Å². The second-order valence-corrected chi connectivity index (χ2v) is 13.6. The van der Waals surface area contributed by atoms with Crippen LogP contribution in [0.4, 0.5) is 17.1 Å². The van der Waals surface area contributed by atoms with Gasteiger partial charge in [-0.15, -0.1) is 0 Å². The molecule has 1 fully saturated rings. The van der Waals surface area contributed by atoms with E-state index < -0.39 is 0 Å². The van der Waals surface area contributed by atoms with Crippen LogP contribution in [0, 0.1) is 0 Å². The molecule has 4 aromatic rings. The minimum absolute atomic E-state index is 0.0716. The van der Waals surface area contributed by atoms with Crippen molar-refractivity contribution in [2.24, 2.45) is 0 Å². The average molecular weight is 566 g/mol. The molecule has 4 heteroatoms. The Bertz CT molecular complexity index is 1730. The maximum atomic E-state index is 6.35. The summed E-state index contributed by atoms with van der Waals surface area (Å²) in [5, 5.41) is 0. The van der Waals surface area contributed by atoms with E-state index in [2.05, 4.69) is 156 Å². The van der Waals surface area contributed by atoms with E-state index in [4.69, 9.17) is 9.31 Å². The fourth-order valence-corrected chi connectivity index (χ4v) is 6.67. The normalized spacial score (nSPS) is 19.1. The maximum absolute atomic E-state index is 6.35. The van der Waals surface area contributed by atoms with E-state index >= 15 is 0 Å². The lowest BCUT2D eigenvalue weighted by molar-refractivity contribution is 0.00578. The Kier molecular flexibility index (Phi) is 6.57. The lowest BCUT2D eigenvalue weighted by Gasteiger charge is -2.32. The van der Waals surface area contributed by atoms with E-state index in [0.29, 0.717) is 0 Å². The fourth-order valence-electron chi connectivity index (χ4n) is 6.67. The second-order valence-electron chi connectivity index (χ2n) is 13.6. The summed E-state index contributed by atoms with van der Waals surface area (Å²) in [5.41, 5.74) is 11.5. The number of fused-ring (bicyclic) bond motifs is 3. The van der Waals surface area contributed by atoms with E-state index in [1.165, 1.54) is 33.4 Å². The Labute approximate surface area is 257 Å². The molecule has 43 heavy (non-hydrogen) atoms. The molecule has 1 heterocycles. The molecule has 0 saturated carbocycles. The van der Waals surface area contributed by atoms with Crippen LogP contribution in [-0.4, -0.2) is 18.3 Å². The van der Waals surface area contributed by atoms with Crippen LogP contribution >= 0.6 is 0 Å². The second kappa shape index (κ2) is 10.1. The highest BCUT2D eigenvalue weighted by molar-refractivity contribution is 6.62. The Hall–Kier alpha value is -3.86. The van der Waals surface area contributed by atoms with Crippen LogP contribution in [0.15, 0.2) is 109 Å². The summed E-state index contributed by atoms with van der Waals surface area (Å²) in [6.07, 6.45) is 9.06. The standard InChI is InChI=1S/C39H40BNO2/c1-37(2)35-15-11-10-14-33(35)34-25-24-32(26-36(34)37)41(30-20-16-28(17-21-30)27-12-8-7-9-13-27)31-22-18-29(19-23-31)40-42-38(3,4)39(5,6)43-40/h8,10-26H,7,9H2,1-6H3. The van der Waals surface area contributed by atoms with E-state index in [0.717, 1.165) is 35.4 Å². The number of allylic oxidation sites excluding steroid dienone is 4. The van der Waals surface area contributed by atoms with Gasteiger partial charge in [0, 0.05) is 22.5 Å². The summed E-state index contributed by atoms with van der Waals surface area (Å²) in [6, 6.07) is 33.4. The maximum Gasteiger partial charge on any atom is 0.494 e. The zero-order chi connectivity index (χ0) is 30.0. The third-order valence-corrected chi connectivity index (χ3v) is 9.96. The van der Waals surface area contributed by atoms with Crippen molar-refractivity contribution in [3.05, 3.63) is 126 Å². The molecule has 0 aromatic heterocycles. The van der Waals surface area contributed by atoms with Crippen LogP contribution in [0.3, 0.4) is 0 Å². The van der Waals surface area contributed by atoms with Crippen LogP contribution in [0.2, 0.25) is 0 Å². The predicted octanol–water partition coefficient (Wildman–Crippen LogP) is 9.50. The smallest absolute Gasteiger partial charge is 0.399 e. The average Bonchev–Trinajstić information content (AvgIpc) is 3.38. The topological polar surface area (TPSA) is 21.7 Å². The lowest BCUT2D eigenvalue weighted by atomic mass is 9.79. The Balaban J connectivity index is 1.29. The molecule has 216 valence electrons. The van der Waals surface area contributed by atoms with Gasteiger partial charge < -0.3 is 14.2 Å². The van der Waals surface area contributed by atoms with Crippen molar-refractivity contribution in [1.29, 1.82) is 0 Å². The molecule has 3 nitrogen and oxygen atoms in total. The molecule has 0 amide bonds. The molecule has 2 aliphatic carbocycles. The predicted molar refractivity (Wildman–Crippen MR) is 181 cm³/mol. The number of benzene rings is 4. The number of hydrogen-bond donors (Lipinski definition) is 0. The molecular weight excluding hydrogens is 525 g/mol. The van der Waals surface area contributed by atoms with Gasteiger partial charge in [-0.3, -0.25) is 0 Å². The fraction of sp³-hybridized carbons (Fsp3) is 0.282. The summed E-state index contributed by atoms with van der Waals surface area (Å²) >= 11 is 0. The molecule has 0 atom stereocenters. The summed E-state index contributed by atoms with van der Waals surface area (Å²) < 4.78 is 12.7. The van der Waals surface area contributed by atoms with Gasteiger partial charge in [0.05, 0.1) is 11.2 Å². The van der Waals surface area contributed by atoms with Gasteiger partial charge in [-0.2, -0.15) is 0 Å².